The fourth-order valence-corrected chi connectivity index (χ4v) is 16.2. The van der Waals surface area contributed by atoms with Crippen molar-refractivity contribution >= 4 is 41.0 Å². The lowest BCUT2D eigenvalue weighted by Gasteiger charge is -2.31. The first-order valence-electron chi connectivity index (χ1n) is 28.7. The maximum Gasteiger partial charge on any atom is 0.147 e. The van der Waals surface area contributed by atoms with Crippen LogP contribution in [-0.2, 0) is 18.9 Å². The molecule has 2 heterocycles. The number of ether oxygens (including phenoxy) is 4. The van der Waals surface area contributed by atoms with Gasteiger partial charge in [-0.25, -0.2) is 0 Å². The molecule has 10 heteroatoms. The summed E-state index contributed by atoms with van der Waals surface area (Å²) >= 11 is 0. The Morgan fingerprint density at radius 1 is 0.391 bits per heavy atom. The molecule has 4 atom stereocenters. The van der Waals surface area contributed by atoms with E-state index in [1.54, 1.807) is 0 Å². The minimum atomic E-state index is -0.160. The van der Waals surface area contributed by atoms with Crippen molar-refractivity contribution in [1.29, 1.82) is 0 Å². The average Bonchev–Trinajstić information content (AvgIpc) is 3.28. The zero-order valence-electron chi connectivity index (χ0n) is 43.6. The minimum Gasteiger partial charge on any atom is -0.355 e. The topological polar surface area (TPSA) is 43.4 Å². The van der Waals surface area contributed by atoms with Gasteiger partial charge in [-0.2, -0.15) is 0 Å². The van der Waals surface area contributed by atoms with Crippen LogP contribution in [0, 0.1) is 0 Å². The van der Waals surface area contributed by atoms with E-state index in [9.17, 15) is 0 Å². The maximum atomic E-state index is 6.28. The highest BCUT2D eigenvalue weighted by atomic mass is 33.1. The van der Waals surface area contributed by atoms with Crippen LogP contribution in [0.1, 0.15) is 259 Å². The average molecular weight is 974 g/mol. The molecule has 382 valence electrons. The van der Waals surface area contributed by atoms with Crippen LogP contribution in [0.4, 0.5) is 0 Å². The van der Waals surface area contributed by atoms with Crippen molar-refractivity contribution in [1.82, 2.24) is 9.13 Å². The van der Waals surface area contributed by atoms with Gasteiger partial charge in [-0.1, -0.05) is 216 Å². The molecule has 0 spiro atoms. The van der Waals surface area contributed by atoms with Gasteiger partial charge in [0.25, 0.3) is 0 Å². The molecule has 0 bridgehead atoms. The van der Waals surface area contributed by atoms with Crippen molar-refractivity contribution in [3.8, 4) is 0 Å². The Labute approximate surface area is 413 Å². The Morgan fingerprint density at radius 2 is 0.703 bits per heavy atom. The van der Waals surface area contributed by atoms with Gasteiger partial charge in [0, 0.05) is 24.7 Å². The summed E-state index contributed by atoms with van der Waals surface area (Å²) in [5.41, 5.74) is 1.77. The quantitative estimate of drug-likeness (QED) is 0.0259. The van der Waals surface area contributed by atoms with E-state index < -0.39 is 0 Å². The van der Waals surface area contributed by atoms with Gasteiger partial charge in [-0.3, -0.25) is 0 Å². The lowest BCUT2D eigenvalue weighted by Crippen LogP contribution is -2.37. The van der Waals surface area contributed by atoms with E-state index in [0.29, 0.717) is 25.8 Å². The normalized spacial score (nSPS) is 21.4. The molecule has 0 aromatic rings. The van der Waals surface area contributed by atoms with Crippen molar-refractivity contribution in [2.24, 2.45) is 0 Å². The summed E-state index contributed by atoms with van der Waals surface area (Å²) in [6.45, 7) is 17.4. The van der Waals surface area contributed by atoms with Crippen LogP contribution in [0.25, 0.3) is 0 Å². The first-order chi connectivity index (χ1) is 31.6. The lowest BCUT2D eigenvalue weighted by molar-refractivity contribution is -0.0960. The standard InChI is InChI=1S/C54H112N2O4S2Si2/c1-5-7-9-11-13-15-17-19-21-23-25-27-29-31-45-57-49-59-53-37-35-51(3)63-55(43-39-53)41-33-47-61-62-48-34-42-56-44-40-54(38-36-52(4)64-56)60-50-58-46-32-30-28-26-24-22-20-18-16-14-12-10-8-6-2/h51-54H,5-50,63-64H2,1-4H3. The number of rotatable bonds is 45. The number of hydrogen-bond acceptors (Lipinski definition) is 8. The highest BCUT2D eigenvalue weighted by molar-refractivity contribution is 8.76. The predicted molar refractivity (Wildman–Crippen MR) is 293 cm³/mol. The predicted octanol–water partition coefficient (Wildman–Crippen LogP) is 15.6. The van der Waals surface area contributed by atoms with Crippen molar-refractivity contribution in [3.63, 3.8) is 0 Å². The third kappa shape index (κ3) is 39.7. The van der Waals surface area contributed by atoms with E-state index in [4.69, 9.17) is 18.9 Å². The maximum absolute atomic E-state index is 6.28. The monoisotopic (exact) mass is 973 g/mol. The second-order valence-electron chi connectivity index (χ2n) is 20.7. The molecular weight excluding hydrogens is 861 g/mol. The van der Waals surface area contributed by atoms with E-state index in [0.717, 1.165) is 24.3 Å². The Hall–Kier alpha value is 0.894. The molecule has 0 saturated carbocycles. The molecule has 0 aliphatic carbocycles. The summed E-state index contributed by atoms with van der Waals surface area (Å²) in [6.07, 6.45) is 50.1. The molecule has 0 amide bonds. The third-order valence-electron chi connectivity index (χ3n) is 14.2. The van der Waals surface area contributed by atoms with Crippen LogP contribution in [0.2, 0.25) is 11.1 Å². The van der Waals surface area contributed by atoms with Crippen LogP contribution in [-0.4, -0.2) is 105 Å². The second-order valence-corrected chi connectivity index (χ2v) is 28.7. The number of hydrogen-bond donors (Lipinski definition) is 0. The van der Waals surface area contributed by atoms with Crippen molar-refractivity contribution in [3.05, 3.63) is 0 Å². The van der Waals surface area contributed by atoms with Crippen molar-refractivity contribution in [2.45, 2.75) is 282 Å². The molecular formula is C54H112N2O4S2Si2. The largest absolute Gasteiger partial charge is 0.355 e. The lowest BCUT2D eigenvalue weighted by atomic mass is 10.0. The van der Waals surface area contributed by atoms with E-state index in [1.165, 1.54) is 269 Å². The minimum absolute atomic E-state index is 0.160. The van der Waals surface area contributed by atoms with Gasteiger partial charge >= 0.3 is 0 Å². The van der Waals surface area contributed by atoms with Crippen LogP contribution >= 0.6 is 21.6 Å². The van der Waals surface area contributed by atoms with Gasteiger partial charge in [-0.05, 0) is 101 Å². The second kappa shape index (κ2) is 47.6. The van der Waals surface area contributed by atoms with Gasteiger partial charge in [0.1, 0.15) is 13.6 Å². The van der Waals surface area contributed by atoms with Crippen LogP contribution in [0.3, 0.4) is 0 Å². The van der Waals surface area contributed by atoms with Crippen LogP contribution in [0.5, 0.6) is 0 Å². The van der Waals surface area contributed by atoms with Crippen molar-refractivity contribution < 1.29 is 18.9 Å². The van der Waals surface area contributed by atoms with Gasteiger partial charge < -0.3 is 28.1 Å². The zero-order chi connectivity index (χ0) is 45.6. The Kier molecular flexibility index (Phi) is 45.3. The van der Waals surface area contributed by atoms with E-state index in [1.807, 2.05) is 0 Å². The molecule has 4 unspecified atom stereocenters. The Bertz CT molecular complexity index is 876. The Morgan fingerprint density at radius 3 is 1.03 bits per heavy atom. The van der Waals surface area contributed by atoms with Crippen molar-refractivity contribution in [2.75, 3.05) is 64.5 Å². The third-order valence-corrected chi connectivity index (χ3v) is 21.1. The molecule has 2 rings (SSSR count). The smallest absolute Gasteiger partial charge is 0.147 e. The summed E-state index contributed by atoms with van der Waals surface area (Å²) in [5, 5.41) is 0. The summed E-state index contributed by atoms with van der Waals surface area (Å²) in [7, 11) is 3.93. The highest BCUT2D eigenvalue weighted by Gasteiger charge is 2.21. The molecule has 2 aliphatic heterocycles. The van der Waals surface area contributed by atoms with Crippen LogP contribution in [0.15, 0.2) is 0 Å². The first kappa shape index (κ1) is 61.0. The molecule has 2 saturated heterocycles. The highest BCUT2D eigenvalue weighted by Crippen LogP contribution is 2.26. The summed E-state index contributed by atoms with van der Waals surface area (Å²) in [4.78, 5) is 0. The summed E-state index contributed by atoms with van der Waals surface area (Å²) < 4.78 is 30.2. The fourth-order valence-electron chi connectivity index (χ4n) is 9.88. The molecule has 0 aromatic heterocycles. The number of unbranched alkanes of at least 4 members (excludes halogenated alkanes) is 26. The van der Waals surface area contributed by atoms with Gasteiger partial charge in [0.05, 0.1) is 31.6 Å². The SMILES string of the molecule is CCCCCCCCCCCCCCCCOCOC1CCC(C)[SiH2]N(CCCSSCCCN2CCC(OCOCCCCCCCCCCCCCCCC)CCC(C)[SiH2]2)CC1. The molecule has 2 aliphatic rings. The number of nitrogens with zero attached hydrogens (tertiary/aromatic N) is 2. The molecule has 0 aromatic carbocycles. The Balaban J connectivity index is 1.38. The summed E-state index contributed by atoms with van der Waals surface area (Å²) in [5.74, 6) is 2.57. The first-order valence-corrected chi connectivity index (χ1v) is 34.1. The molecule has 6 nitrogen and oxygen atoms in total. The van der Waals surface area contributed by atoms with E-state index in [-0.39, 0.29) is 19.4 Å². The molecule has 0 N–H and O–H groups in total. The van der Waals surface area contributed by atoms with Gasteiger partial charge in [-0.15, -0.1) is 0 Å². The van der Waals surface area contributed by atoms with Gasteiger partial charge in [0.15, 0.2) is 0 Å². The molecule has 0 radical (unpaired) electrons. The fraction of sp³-hybridized carbons (Fsp3) is 1.00. The summed E-state index contributed by atoms with van der Waals surface area (Å²) in [6, 6.07) is 0. The van der Waals surface area contributed by atoms with E-state index in [2.05, 4.69) is 58.4 Å². The molecule has 2 fully saturated rings. The molecule has 64 heavy (non-hydrogen) atoms. The van der Waals surface area contributed by atoms with Gasteiger partial charge in [0.2, 0.25) is 0 Å². The van der Waals surface area contributed by atoms with E-state index >= 15 is 0 Å². The van der Waals surface area contributed by atoms with Crippen LogP contribution < -0.4 is 0 Å². The zero-order valence-corrected chi connectivity index (χ0v) is 48.1.